The standard InChI is InChI=1S/C24H25ClFN5O2/c1-2-22-21(15-27-31(22)20-5-3-4-17(25)14-20)24(33)30-12-10-29(11-13-30)16-23(32)28-19-8-6-18(26)7-9-19/h3-9,14-15H,2,10-13,16H2,1H3,(H,28,32). The molecule has 2 heterocycles. The number of benzene rings is 2. The van der Waals surface area contributed by atoms with Crippen molar-refractivity contribution in [1.82, 2.24) is 19.6 Å². The molecule has 0 saturated carbocycles. The first-order chi connectivity index (χ1) is 15.9. The highest BCUT2D eigenvalue weighted by Gasteiger charge is 2.26. The van der Waals surface area contributed by atoms with E-state index in [4.69, 9.17) is 11.6 Å². The molecule has 7 nitrogen and oxygen atoms in total. The number of amides is 2. The molecule has 9 heteroatoms. The van der Waals surface area contributed by atoms with Gasteiger partial charge < -0.3 is 10.2 Å². The Kier molecular flexibility index (Phi) is 7.05. The molecule has 0 spiro atoms. The average molecular weight is 470 g/mol. The van der Waals surface area contributed by atoms with Crippen LogP contribution in [0.1, 0.15) is 23.0 Å². The number of carbonyl (C=O) groups excluding carboxylic acids is 2. The molecular weight excluding hydrogens is 445 g/mol. The van der Waals surface area contributed by atoms with Crippen LogP contribution in [0.15, 0.2) is 54.7 Å². The van der Waals surface area contributed by atoms with E-state index >= 15 is 0 Å². The summed E-state index contributed by atoms with van der Waals surface area (Å²) in [5, 5.41) is 7.81. The van der Waals surface area contributed by atoms with Gasteiger partial charge in [0.1, 0.15) is 5.82 Å². The van der Waals surface area contributed by atoms with Gasteiger partial charge in [-0.3, -0.25) is 14.5 Å². The van der Waals surface area contributed by atoms with Crippen LogP contribution in [0.4, 0.5) is 10.1 Å². The summed E-state index contributed by atoms with van der Waals surface area (Å²) in [6.45, 7) is 4.43. The zero-order valence-electron chi connectivity index (χ0n) is 18.3. The molecule has 2 aromatic carbocycles. The lowest BCUT2D eigenvalue weighted by atomic mass is 10.1. The first-order valence-corrected chi connectivity index (χ1v) is 11.2. The Labute approximate surface area is 196 Å². The van der Waals surface area contributed by atoms with E-state index in [-0.39, 0.29) is 24.2 Å². The minimum atomic E-state index is -0.349. The van der Waals surface area contributed by atoms with Gasteiger partial charge in [0.15, 0.2) is 0 Å². The maximum atomic E-state index is 13.2. The molecule has 0 unspecified atom stereocenters. The van der Waals surface area contributed by atoms with Gasteiger partial charge in [0.05, 0.1) is 29.7 Å². The van der Waals surface area contributed by atoms with Gasteiger partial charge in [-0.15, -0.1) is 0 Å². The summed E-state index contributed by atoms with van der Waals surface area (Å²) < 4.78 is 14.8. The third-order valence-corrected chi connectivity index (χ3v) is 5.88. The Hall–Kier alpha value is -3.23. The molecule has 0 bridgehead atoms. The summed E-state index contributed by atoms with van der Waals surface area (Å²) in [6, 6.07) is 13.0. The van der Waals surface area contributed by atoms with Crippen molar-refractivity contribution in [3.8, 4) is 5.69 Å². The maximum absolute atomic E-state index is 13.2. The van der Waals surface area contributed by atoms with Gasteiger partial charge in [0.25, 0.3) is 5.91 Å². The molecule has 0 atom stereocenters. The molecule has 1 fully saturated rings. The first-order valence-electron chi connectivity index (χ1n) is 10.8. The monoisotopic (exact) mass is 469 g/mol. The Morgan fingerprint density at radius 3 is 2.48 bits per heavy atom. The molecule has 1 saturated heterocycles. The lowest BCUT2D eigenvalue weighted by Gasteiger charge is -2.34. The van der Waals surface area contributed by atoms with Crippen LogP contribution < -0.4 is 5.32 Å². The van der Waals surface area contributed by atoms with E-state index in [1.165, 1.54) is 24.3 Å². The van der Waals surface area contributed by atoms with E-state index in [1.54, 1.807) is 21.8 Å². The lowest BCUT2D eigenvalue weighted by molar-refractivity contribution is -0.117. The quantitative estimate of drug-likeness (QED) is 0.598. The molecular formula is C24H25ClFN5O2. The molecule has 1 N–H and O–H groups in total. The molecule has 3 aromatic rings. The summed E-state index contributed by atoms with van der Waals surface area (Å²) in [7, 11) is 0. The highest BCUT2D eigenvalue weighted by atomic mass is 35.5. The molecule has 2 amide bonds. The fraction of sp³-hybridized carbons (Fsp3) is 0.292. The number of nitrogens with zero attached hydrogens (tertiary/aromatic N) is 4. The van der Waals surface area contributed by atoms with Gasteiger partial charge in [-0.1, -0.05) is 24.6 Å². The SMILES string of the molecule is CCc1c(C(=O)N2CCN(CC(=O)Nc3ccc(F)cc3)CC2)cnn1-c1cccc(Cl)c1. The third-order valence-electron chi connectivity index (χ3n) is 5.64. The average Bonchev–Trinajstić information content (AvgIpc) is 3.25. The van der Waals surface area contributed by atoms with Gasteiger partial charge in [-0.2, -0.15) is 5.10 Å². The topological polar surface area (TPSA) is 70.5 Å². The number of hydrogen-bond acceptors (Lipinski definition) is 4. The van der Waals surface area contributed by atoms with Crippen LogP contribution in [0.25, 0.3) is 5.69 Å². The van der Waals surface area contributed by atoms with E-state index in [0.29, 0.717) is 48.9 Å². The summed E-state index contributed by atoms with van der Waals surface area (Å²) in [4.78, 5) is 29.3. The van der Waals surface area contributed by atoms with Crippen LogP contribution in [-0.4, -0.2) is 64.1 Å². The van der Waals surface area contributed by atoms with Gasteiger partial charge in [-0.05, 0) is 48.9 Å². The lowest BCUT2D eigenvalue weighted by Crippen LogP contribution is -2.50. The van der Waals surface area contributed by atoms with Crippen molar-refractivity contribution >= 4 is 29.1 Å². The predicted octanol–water partition coefficient (Wildman–Crippen LogP) is 3.62. The van der Waals surface area contributed by atoms with Crippen molar-refractivity contribution in [3.63, 3.8) is 0 Å². The van der Waals surface area contributed by atoms with Crippen LogP contribution in [0, 0.1) is 5.82 Å². The second-order valence-corrected chi connectivity index (χ2v) is 8.31. The van der Waals surface area contributed by atoms with E-state index in [9.17, 15) is 14.0 Å². The number of hydrogen-bond donors (Lipinski definition) is 1. The third kappa shape index (κ3) is 5.40. The minimum absolute atomic E-state index is 0.0597. The van der Waals surface area contributed by atoms with Crippen LogP contribution in [0.5, 0.6) is 0 Å². The number of carbonyl (C=O) groups is 2. The Balaban J connectivity index is 1.35. The molecule has 0 aliphatic carbocycles. The van der Waals surface area contributed by atoms with Crippen LogP contribution in [-0.2, 0) is 11.2 Å². The fourth-order valence-corrected chi connectivity index (χ4v) is 4.12. The Morgan fingerprint density at radius 1 is 1.09 bits per heavy atom. The summed E-state index contributed by atoms with van der Waals surface area (Å²) >= 11 is 6.12. The molecule has 1 aliphatic heterocycles. The van der Waals surface area contributed by atoms with Crippen LogP contribution in [0.2, 0.25) is 5.02 Å². The zero-order valence-corrected chi connectivity index (χ0v) is 19.1. The summed E-state index contributed by atoms with van der Waals surface area (Å²) in [5.41, 5.74) is 2.79. The van der Waals surface area contributed by atoms with Gasteiger partial charge in [0.2, 0.25) is 5.91 Å². The van der Waals surface area contributed by atoms with Gasteiger partial charge in [0, 0.05) is 36.9 Å². The summed E-state index contributed by atoms with van der Waals surface area (Å²) in [5.74, 6) is -0.578. The normalized spacial score (nSPS) is 14.3. The van der Waals surface area contributed by atoms with Crippen LogP contribution >= 0.6 is 11.6 Å². The van der Waals surface area contributed by atoms with Gasteiger partial charge >= 0.3 is 0 Å². The van der Waals surface area contributed by atoms with E-state index in [0.717, 1.165) is 11.4 Å². The minimum Gasteiger partial charge on any atom is -0.336 e. The predicted molar refractivity (Wildman–Crippen MR) is 125 cm³/mol. The van der Waals surface area contributed by atoms with E-state index in [2.05, 4.69) is 10.4 Å². The highest BCUT2D eigenvalue weighted by molar-refractivity contribution is 6.30. The van der Waals surface area contributed by atoms with Crippen molar-refractivity contribution in [2.24, 2.45) is 0 Å². The summed E-state index contributed by atoms with van der Waals surface area (Å²) in [6.07, 6.45) is 2.27. The fourth-order valence-electron chi connectivity index (χ4n) is 3.94. The Bertz CT molecular complexity index is 1140. The second kappa shape index (κ2) is 10.1. The smallest absolute Gasteiger partial charge is 0.257 e. The number of aromatic nitrogens is 2. The van der Waals surface area contributed by atoms with Crippen molar-refractivity contribution in [2.45, 2.75) is 13.3 Å². The van der Waals surface area contributed by atoms with E-state index < -0.39 is 0 Å². The number of rotatable bonds is 6. The molecule has 1 aliphatic rings. The number of piperazine rings is 1. The maximum Gasteiger partial charge on any atom is 0.257 e. The second-order valence-electron chi connectivity index (χ2n) is 7.87. The van der Waals surface area contributed by atoms with Gasteiger partial charge in [-0.25, -0.2) is 9.07 Å². The molecule has 33 heavy (non-hydrogen) atoms. The largest absolute Gasteiger partial charge is 0.336 e. The number of halogens is 2. The Morgan fingerprint density at radius 2 is 1.82 bits per heavy atom. The molecule has 172 valence electrons. The number of anilines is 1. The van der Waals surface area contributed by atoms with E-state index in [1.807, 2.05) is 30.0 Å². The first kappa shape index (κ1) is 22.9. The van der Waals surface area contributed by atoms with Crippen molar-refractivity contribution in [3.05, 3.63) is 76.8 Å². The van der Waals surface area contributed by atoms with Crippen molar-refractivity contribution in [2.75, 3.05) is 38.0 Å². The van der Waals surface area contributed by atoms with Crippen molar-refractivity contribution < 1.29 is 14.0 Å². The molecule has 4 rings (SSSR count). The molecule has 1 aromatic heterocycles. The molecule has 0 radical (unpaired) electrons. The zero-order chi connectivity index (χ0) is 23.4. The highest BCUT2D eigenvalue weighted by Crippen LogP contribution is 2.21. The van der Waals surface area contributed by atoms with Crippen molar-refractivity contribution in [1.29, 1.82) is 0 Å². The number of nitrogens with one attached hydrogen (secondary N) is 1. The van der Waals surface area contributed by atoms with Crippen LogP contribution in [0.3, 0.4) is 0 Å².